The topological polar surface area (TPSA) is 0 Å². The Morgan fingerprint density at radius 1 is 0.500 bits per heavy atom. The van der Waals surface area contributed by atoms with Gasteiger partial charge < -0.3 is 0 Å². The van der Waals surface area contributed by atoms with Gasteiger partial charge in [-0.2, -0.15) is 0 Å². The standard InChI is InChI=1S/2C6H5I/c2*7-6-4-2-1-3-5-6/h2*1-5H. The van der Waals surface area contributed by atoms with Gasteiger partial charge in [-0.3, -0.25) is 0 Å². The van der Waals surface area contributed by atoms with Crippen molar-refractivity contribution in [1.82, 2.24) is 0 Å². The van der Waals surface area contributed by atoms with Crippen molar-refractivity contribution in [3.05, 3.63) is 67.8 Å². The van der Waals surface area contributed by atoms with E-state index in [0.29, 0.717) is 0 Å². The summed E-state index contributed by atoms with van der Waals surface area (Å²) in [5.74, 6) is 0. The summed E-state index contributed by atoms with van der Waals surface area (Å²) in [6.07, 6.45) is 0. The Morgan fingerprint density at radius 3 is 0.929 bits per heavy atom. The van der Waals surface area contributed by atoms with Gasteiger partial charge >= 0.3 is 0 Å². The predicted molar refractivity (Wildman–Crippen MR) is 78.3 cm³/mol. The molecule has 0 atom stereocenters. The maximum atomic E-state index is 2.28. The van der Waals surface area contributed by atoms with Gasteiger partial charge in [0.15, 0.2) is 0 Å². The second kappa shape index (κ2) is 7.23. The molecule has 0 aliphatic rings. The third kappa shape index (κ3) is 5.59. The molecule has 0 aromatic heterocycles. The van der Waals surface area contributed by atoms with E-state index >= 15 is 0 Å². The largest absolute Gasteiger partial charge is 0.0622 e. The van der Waals surface area contributed by atoms with E-state index < -0.39 is 0 Å². The van der Waals surface area contributed by atoms with Gasteiger partial charge in [-0.25, -0.2) is 0 Å². The predicted octanol–water partition coefficient (Wildman–Crippen LogP) is 4.58. The summed E-state index contributed by atoms with van der Waals surface area (Å²) < 4.78 is 2.58. The lowest BCUT2D eigenvalue weighted by Crippen LogP contribution is -1.61. The molecular formula is C12H10I2. The summed E-state index contributed by atoms with van der Waals surface area (Å²) in [5, 5.41) is 0. The normalized spacial score (nSPS) is 8.71. The minimum atomic E-state index is 1.29. The highest BCUT2D eigenvalue weighted by Gasteiger charge is 1.74. The average Bonchev–Trinajstić information content (AvgIpc) is 2.21. The van der Waals surface area contributed by atoms with Crippen molar-refractivity contribution < 1.29 is 0 Å². The van der Waals surface area contributed by atoms with Gasteiger partial charge in [0.05, 0.1) is 0 Å². The third-order valence-electron chi connectivity index (χ3n) is 1.47. The molecule has 0 nitrogen and oxygen atoms in total. The monoisotopic (exact) mass is 408 g/mol. The molecule has 0 radical (unpaired) electrons. The van der Waals surface area contributed by atoms with Crippen molar-refractivity contribution in [2.24, 2.45) is 0 Å². The van der Waals surface area contributed by atoms with Gasteiger partial charge in [-0.15, -0.1) is 0 Å². The molecule has 0 spiro atoms. The Kier molecular flexibility index (Phi) is 6.18. The summed E-state index contributed by atoms with van der Waals surface area (Å²) in [7, 11) is 0. The highest BCUT2D eigenvalue weighted by molar-refractivity contribution is 14.1. The zero-order valence-electron chi connectivity index (χ0n) is 7.53. The second-order valence-corrected chi connectivity index (χ2v) is 5.08. The van der Waals surface area contributed by atoms with Crippen molar-refractivity contribution >= 4 is 45.2 Å². The van der Waals surface area contributed by atoms with Crippen LogP contribution < -0.4 is 0 Å². The van der Waals surface area contributed by atoms with Crippen molar-refractivity contribution in [2.45, 2.75) is 0 Å². The van der Waals surface area contributed by atoms with Crippen LogP contribution in [0.25, 0.3) is 0 Å². The van der Waals surface area contributed by atoms with Crippen LogP contribution in [0.4, 0.5) is 0 Å². The van der Waals surface area contributed by atoms with E-state index in [1.165, 1.54) is 7.14 Å². The van der Waals surface area contributed by atoms with Crippen molar-refractivity contribution in [1.29, 1.82) is 0 Å². The fourth-order valence-corrected chi connectivity index (χ4v) is 1.66. The first-order valence-corrected chi connectivity index (χ1v) is 6.36. The quantitative estimate of drug-likeness (QED) is 0.560. The van der Waals surface area contributed by atoms with Gasteiger partial charge in [0.25, 0.3) is 0 Å². The van der Waals surface area contributed by atoms with Crippen molar-refractivity contribution in [2.75, 3.05) is 0 Å². The molecule has 0 amide bonds. The highest BCUT2D eigenvalue weighted by Crippen LogP contribution is 2.00. The first-order valence-electron chi connectivity index (χ1n) is 4.20. The van der Waals surface area contributed by atoms with Crippen LogP contribution in [0.2, 0.25) is 0 Å². The Labute approximate surface area is 112 Å². The molecule has 0 unspecified atom stereocenters. The Balaban J connectivity index is 0.000000140. The van der Waals surface area contributed by atoms with E-state index in [1.54, 1.807) is 0 Å². The fourth-order valence-electron chi connectivity index (χ4n) is 0.829. The molecule has 2 aromatic rings. The molecule has 0 bridgehead atoms. The zero-order valence-corrected chi connectivity index (χ0v) is 11.8. The van der Waals surface area contributed by atoms with Crippen LogP contribution in [-0.4, -0.2) is 0 Å². The number of hydrogen-bond donors (Lipinski definition) is 0. The van der Waals surface area contributed by atoms with E-state index in [2.05, 4.69) is 69.4 Å². The van der Waals surface area contributed by atoms with Crippen LogP contribution in [0.15, 0.2) is 60.7 Å². The van der Waals surface area contributed by atoms with Crippen LogP contribution in [0.1, 0.15) is 0 Å². The summed E-state index contributed by atoms with van der Waals surface area (Å²) in [6, 6.07) is 20.4. The zero-order chi connectivity index (χ0) is 10.2. The molecule has 0 saturated heterocycles. The average molecular weight is 408 g/mol. The fraction of sp³-hybridized carbons (Fsp3) is 0. The minimum absolute atomic E-state index is 1.29. The van der Waals surface area contributed by atoms with Crippen LogP contribution >= 0.6 is 45.2 Å². The maximum absolute atomic E-state index is 2.28. The number of halogens is 2. The first-order chi connectivity index (χ1) is 6.79. The molecule has 14 heavy (non-hydrogen) atoms. The van der Waals surface area contributed by atoms with E-state index in [0.717, 1.165) is 0 Å². The molecule has 0 heterocycles. The van der Waals surface area contributed by atoms with E-state index in [1.807, 2.05) is 36.4 Å². The summed E-state index contributed by atoms with van der Waals surface area (Å²) in [5.41, 5.74) is 0. The lowest BCUT2D eigenvalue weighted by Gasteiger charge is -1.80. The molecule has 0 aliphatic carbocycles. The lowest BCUT2D eigenvalue weighted by atomic mass is 10.4. The minimum Gasteiger partial charge on any atom is -0.0622 e. The molecule has 72 valence electrons. The van der Waals surface area contributed by atoms with Gasteiger partial charge in [0.2, 0.25) is 0 Å². The molecule has 0 N–H and O–H groups in total. The highest BCUT2D eigenvalue weighted by atomic mass is 127. The number of rotatable bonds is 0. The second-order valence-electron chi connectivity index (χ2n) is 2.59. The SMILES string of the molecule is Ic1ccccc1.Ic1ccccc1. The lowest BCUT2D eigenvalue weighted by molar-refractivity contribution is 1.65. The van der Waals surface area contributed by atoms with Crippen molar-refractivity contribution in [3.63, 3.8) is 0 Å². The maximum Gasteiger partial charge on any atom is 0.0130 e. The van der Waals surface area contributed by atoms with Crippen molar-refractivity contribution in [3.8, 4) is 0 Å². The summed E-state index contributed by atoms with van der Waals surface area (Å²) in [4.78, 5) is 0. The molecular weight excluding hydrogens is 398 g/mol. The van der Waals surface area contributed by atoms with Gasteiger partial charge in [0, 0.05) is 7.14 Å². The van der Waals surface area contributed by atoms with Gasteiger partial charge in [-0.05, 0) is 69.4 Å². The van der Waals surface area contributed by atoms with Crippen LogP contribution in [0.3, 0.4) is 0 Å². The Morgan fingerprint density at radius 2 is 0.786 bits per heavy atom. The summed E-state index contributed by atoms with van der Waals surface area (Å²) in [6.45, 7) is 0. The summed E-state index contributed by atoms with van der Waals surface area (Å²) >= 11 is 4.56. The molecule has 0 fully saturated rings. The van der Waals surface area contributed by atoms with Crippen LogP contribution in [-0.2, 0) is 0 Å². The van der Waals surface area contributed by atoms with Gasteiger partial charge in [0.1, 0.15) is 0 Å². The third-order valence-corrected chi connectivity index (χ3v) is 2.90. The Hall–Kier alpha value is -0.100. The van der Waals surface area contributed by atoms with E-state index in [4.69, 9.17) is 0 Å². The van der Waals surface area contributed by atoms with E-state index in [-0.39, 0.29) is 0 Å². The van der Waals surface area contributed by atoms with Crippen LogP contribution in [0.5, 0.6) is 0 Å². The molecule has 2 aromatic carbocycles. The number of hydrogen-bond acceptors (Lipinski definition) is 0. The first kappa shape index (κ1) is 12.0. The molecule has 0 aliphatic heterocycles. The van der Waals surface area contributed by atoms with Gasteiger partial charge in [-0.1, -0.05) is 36.4 Å². The van der Waals surface area contributed by atoms with E-state index in [9.17, 15) is 0 Å². The van der Waals surface area contributed by atoms with Crippen LogP contribution in [0, 0.1) is 7.14 Å². The molecule has 0 saturated carbocycles. The number of benzene rings is 2. The molecule has 2 rings (SSSR count). The molecule has 2 heteroatoms. The smallest absolute Gasteiger partial charge is 0.0130 e. The Bertz CT molecular complexity index is 306.